The number of aromatic nitrogens is 4. The van der Waals surface area contributed by atoms with Crippen LogP contribution in [-0.2, 0) is 9.53 Å². The lowest BCUT2D eigenvalue weighted by molar-refractivity contribution is -0.146. The number of tetrazole rings is 1. The highest BCUT2D eigenvalue weighted by molar-refractivity contribution is 5.92. The summed E-state index contributed by atoms with van der Waals surface area (Å²) in [6.07, 6.45) is 5.25. The summed E-state index contributed by atoms with van der Waals surface area (Å²) >= 11 is 0. The third kappa shape index (κ3) is 3.58. The van der Waals surface area contributed by atoms with Gasteiger partial charge >= 0.3 is 5.97 Å². The predicted molar refractivity (Wildman–Crippen MR) is 103 cm³/mol. The quantitative estimate of drug-likeness (QED) is 0.793. The normalized spacial score (nSPS) is 19.7. The Kier molecular flexibility index (Phi) is 5.27. The molecule has 8 heteroatoms. The Morgan fingerprint density at radius 3 is 2.68 bits per heavy atom. The third-order valence-electron chi connectivity index (χ3n) is 5.27. The summed E-state index contributed by atoms with van der Waals surface area (Å²) in [5.74, 6) is 0.978. The molecule has 8 nitrogen and oxygen atoms in total. The molecule has 1 aliphatic carbocycles. The van der Waals surface area contributed by atoms with Gasteiger partial charge in [-0.2, -0.15) is 4.68 Å². The molecule has 28 heavy (non-hydrogen) atoms. The van der Waals surface area contributed by atoms with E-state index in [9.17, 15) is 4.79 Å². The van der Waals surface area contributed by atoms with Gasteiger partial charge in [0.25, 0.3) is 0 Å². The maximum absolute atomic E-state index is 13.1. The first-order valence-electron chi connectivity index (χ1n) is 9.86. The number of nitrogens with zero attached hydrogens (tertiary/aromatic N) is 4. The van der Waals surface area contributed by atoms with Gasteiger partial charge in [0, 0.05) is 5.70 Å². The topological polar surface area (TPSA) is 91.2 Å². The molecular weight excluding hydrogens is 358 g/mol. The van der Waals surface area contributed by atoms with Crippen molar-refractivity contribution < 1.29 is 14.3 Å². The molecule has 1 aromatic heterocycles. The van der Waals surface area contributed by atoms with Crippen LogP contribution in [-0.4, -0.2) is 38.9 Å². The highest BCUT2D eigenvalue weighted by atomic mass is 16.5. The SMILES string of the molecule is CCOc1ccc([C@H]2C(C(=O)OC3CCCCC3)=C(C)Nc3nnnn32)cc1. The van der Waals surface area contributed by atoms with E-state index >= 15 is 0 Å². The Labute approximate surface area is 163 Å². The Morgan fingerprint density at radius 2 is 1.96 bits per heavy atom. The fraction of sp³-hybridized carbons (Fsp3) is 0.500. The summed E-state index contributed by atoms with van der Waals surface area (Å²) < 4.78 is 13.0. The van der Waals surface area contributed by atoms with E-state index in [4.69, 9.17) is 9.47 Å². The van der Waals surface area contributed by atoms with E-state index in [2.05, 4.69) is 20.8 Å². The van der Waals surface area contributed by atoms with E-state index < -0.39 is 6.04 Å². The van der Waals surface area contributed by atoms with E-state index in [0.717, 1.165) is 37.0 Å². The van der Waals surface area contributed by atoms with Gasteiger partial charge in [0.05, 0.1) is 12.2 Å². The first-order valence-corrected chi connectivity index (χ1v) is 9.86. The Balaban J connectivity index is 1.66. The van der Waals surface area contributed by atoms with Gasteiger partial charge in [-0.15, -0.1) is 0 Å². The van der Waals surface area contributed by atoms with E-state index in [1.165, 1.54) is 6.42 Å². The van der Waals surface area contributed by atoms with E-state index in [-0.39, 0.29) is 12.1 Å². The number of carbonyl (C=O) groups excluding carboxylic acids is 1. The van der Waals surface area contributed by atoms with Crippen LogP contribution in [0.2, 0.25) is 0 Å². The van der Waals surface area contributed by atoms with Crippen LogP contribution < -0.4 is 10.1 Å². The number of anilines is 1. The van der Waals surface area contributed by atoms with E-state index in [1.807, 2.05) is 38.1 Å². The van der Waals surface area contributed by atoms with Crippen LogP contribution in [0.3, 0.4) is 0 Å². The van der Waals surface area contributed by atoms with Crippen molar-refractivity contribution in [1.82, 2.24) is 20.2 Å². The summed E-state index contributed by atoms with van der Waals surface area (Å²) in [5.41, 5.74) is 2.14. The molecule has 2 aromatic rings. The number of nitrogens with one attached hydrogen (secondary N) is 1. The molecule has 2 heterocycles. The van der Waals surface area contributed by atoms with Crippen LogP contribution >= 0.6 is 0 Å². The molecule has 0 radical (unpaired) electrons. The minimum Gasteiger partial charge on any atom is -0.494 e. The van der Waals surface area contributed by atoms with Crippen molar-refractivity contribution >= 4 is 11.9 Å². The van der Waals surface area contributed by atoms with Crippen LogP contribution in [0.15, 0.2) is 35.5 Å². The van der Waals surface area contributed by atoms with Crippen LogP contribution in [0.5, 0.6) is 5.75 Å². The number of rotatable bonds is 5. The Bertz CT molecular complexity index is 868. The Hall–Kier alpha value is -2.90. The zero-order chi connectivity index (χ0) is 19.5. The largest absolute Gasteiger partial charge is 0.494 e. The summed E-state index contributed by atoms with van der Waals surface area (Å²) in [7, 11) is 0. The van der Waals surface area contributed by atoms with Crippen LogP contribution in [0.1, 0.15) is 57.6 Å². The molecule has 0 unspecified atom stereocenters. The number of hydrogen-bond donors (Lipinski definition) is 1. The molecule has 0 spiro atoms. The molecule has 1 aromatic carbocycles. The molecular formula is C20H25N5O3. The molecule has 1 aliphatic heterocycles. The second kappa shape index (κ2) is 8.00. The number of allylic oxidation sites excluding steroid dienone is 1. The van der Waals surface area contributed by atoms with Gasteiger partial charge in [0.15, 0.2) is 0 Å². The average Bonchev–Trinajstić information content (AvgIpc) is 3.16. The number of fused-ring (bicyclic) bond motifs is 1. The number of benzene rings is 1. The highest BCUT2D eigenvalue weighted by Crippen LogP contribution is 2.36. The van der Waals surface area contributed by atoms with Gasteiger partial charge in [-0.3, -0.25) is 0 Å². The minimum atomic E-state index is -0.446. The smallest absolute Gasteiger partial charge is 0.338 e. The highest BCUT2D eigenvalue weighted by Gasteiger charge is 2.36. The molecule has 1 N–H and O–H groups in total. The maximum atomic E-state index is 13.1. The van der Waals surface area contributed by atoms with Crippen molar-refractivity contribution in [2.75, 3.05) is 11.9 Å². The van der Waals surface area contributed by atoms with Crippen LogP contribution in [0.4, 0.5) is 5.95 Å². The molecule has 1 atom stereocenters. The van der Waals surface area contributed by atoms with Gasteiger partial charge in [0.2, 0.25) is 5.95 Å². The zero-order valence-electron chi connectivity index (χ0n) is 16.2. The van der Waals surface area contributed by atoms with E-state index in [1.54, 1.807) is 4.68 Å². The van der Waals surface area contributed by atoms with Crippen LogP contribution in [0.25, 0.3) is 0 Å². The Morgan fingerprint density at radius 1 is 1.21 bits per heavy atom. The monoisotopic (exact) mass is 383 g/mol. The molecule has 1 fully saturated rings. The van der Waals surface area contributed by atoms with Crippen molar-refractivity contribution in [3.05, 3.63) is 41.1 Å². The van der Waals surface area contributed by atoms with Gasteiger partial charge in [-0.05, 0) is 67.7 Å². The first-order chi connectivity index (χ1) is 13.7. The molecule has 1 saturated carbocycles. The number of carbonyl (C=O) groups is 1. The second-order valence-electron chi connectivity index (χ2n) is 7.18. The van der Waals surface area contributed by atoms with Crippen molar-refractivity contribution in [3.8, 4) is 5.75 Å². The molecule has 0 saturated heterocycles. The van der Waals surface area contributed by atoms with Gasteiger partial charge in [-0.1, -0.05) is 23.7 Å². The third-order valence-corrected chi connectivity index (χ3v) is 5.27. The summed E-state index contributed by atoms with van der Waals surface area (Å²) in [4.78, 5) is 13.1. The van der Waals surface area contributed by atoms with Gasteiger partial charge < -0.3 is 14.8 Å². The lowest BCUT2D eigenvalue weighted by atomic mass is 9.95. The summed E-state index contributed by atoms with van der Waals surface area (Å²) in [5, 5.41) is 15.0. The number of ether oxygens (including phenoxy) is 2. The van der Waals surface area contributed by atoms with Gasteiger partial charge in [0.1, 0.15) is 17.9 Å². The lowest BCUT2D eigenvalue weighted by Crippen LogP contribution is -2.32. The predicted octanol–water partition coefficient (Wildman–Crippen LogP) is 3.24. The second-order valence-corrected chi connectivity index (χ2v) is 7.18. The van der Waals surface area contributed by atoms with Gasteiger partial charge in [-0.25, -0.2) is 4.79 Å². The fourth-order valence-electron chi connectivity index (χ4n) is 3.90. The standard InChI is InChI=1S/C20H25N5O3/c1-3-27-15-11-9-14(10-12-15)18-17(13(2)21-20-22-23-24-25(18)20)19(26)28-16-7-5-4-6-8-16/h9-12,16,18H,3-8H2,1-2H3,(H,21,22,24)/t18-/m0/s1. The van der Waals surface area contributed by atoms with Crippen LogP contribution in [0, 0.1) is 0 Å². The number of hydrogen-bond acceptors (Lipinski definition) is 7. The summed E-state index contributed by atoms with van der Waals surface area (Å²) in [6, 6.07) is 7.22. The molecule has 148 valence electrons. The maximum Gasteiger partial charge on any atom is 0.338 e. The fourth-order valence-corrected chi connectivity index (χ4v) is 3.90. The zero-order valence-corrected chi connectivity index (χ0v) is 16.2. The average molecular weight is 383 g/mol. The molecule has 4 rings (SSSR count). The van der Waals surface area contributed by atoms with E-state index in [0.29, 0.717) is 23.8 Å². The lowest BCUT2D eigenvalue weighted by Gasteiger charge is -2.29. The molecule has 0 amide bonds. The summed E-state index contributed by atoms with van der Waals surface area (Å²) in [6.45, 7) is 4.40. The first kappa shape index (κ1) is 18.5. The molecule has 2 aliphatic rings. The van der Waals surface area contributed by atoms with Crippen molar-refractivity contribution in [3.63, 3.8) is 0 Å². The minimum absolute atomic E-state index is 0.0159. The van der Waals surface area contributed by atoms with Crippen molar-refractivity contribution in [1.29, 1.82) is 0 Å². The number of esters is 1. The van der Waals surface area contributed by atoms with Crippen molar-refractivity contribution in [2.24, 2.45) is 0 Å². The van der Waals surface area contributed by atoms with Crippen molar-refractivity contribution in [2.45, 2.75) is 58.1 Å². The molecule has 0 bridgehead atoms.